The maximum Gasteiger partial charge on any atom is 0.231 e. The van der Waals surface area contributed by atoms with Crippen molar-refractivity contribution in [3.05, 3.63) is 29.8 Å². The van der Waals surface area contributed by atoms with Gasteiger partial charge in [-0.15, -0.1) is 5.10 Å². The number of carbonyl (C=O) groups excluding carboxylic acids is 1. The summed E-state index contributed by atoms with van der Waals surface area (Å²) in [6.07, 6.45) is 9.06. The number of tetrazole rings is 1. The molecule has 1 aromatic carbocycles. The smallest absolute Gasteiger partial charge is 0.231 e. The molecule has 8 heteroatoms. The van der Waals surface area contributed by atoms with Crippen LogP contribution in [0.25, 0.3) is 5.69 Å². The maximum absolute atomic E-state index is 12.5. The molecule has 0 spiro atoms. The molecule has 0 radical (unpaired) electrons. The number of amides is 1. The number of hydrogen-bond donors (Lipinski definition) is 1. The number of rotatable bonds is 8. The minimum absolute atomic E-state index is 0.150. The molecule has 0 bridgehead atoms. The highest BCUT2D eigenvalue weighted by Gasteiger charge is 2.32. The third-order valence-corrected chi connectivity index (χ3v) is 6.24. The Morgan fingerprint density at radius 3 is 2.62 bits per heavy atom. The minimum Gasteiger partial charge on any atom is -0.337 e. The molecule has 0 unspecified atom stereocenters. The van der Waals surface area contributed by atoms with Gasteiger partial charge < -0.3 is 5.32 Å². The first-order chi connectivity index (χ1) is 14.2. The maximum atomic E-state index is 12.5. The van der Waals surface area contributed by atoms with E-state index in [1.165, 1.54) is 30.2 Å². The molecule has 1 heterocycles. The molecule has 0 atom stereocenters. The molecule has 1 aliphatic rings. The number of aryl methyl sites for hydroxylation is 1. The summed E-state index contributed by atoms with van der Waals surface area (Å²) in [6.45, 7) is 2.18. The summed E-state index contributed by atoms with van der Waals surface area (Å²) in [7, 11) is 0. The summed E-state index contributed by atoms with van der Waals surface area (Å²) < 4.78 is 1.65. The van der Waals surface area contributed by atoms with Crippen molar-refractivity contribution < 1.29 is 4.79 Å². The van der Waals surface area contributed by atoms with Gasteiger partial charge in [0.15, 0.2) is 0 Å². The van der Waals surface area contributed by atoms with Crippen molar-refractivity contribution in [2.24, 2.45) is 0 Å². The highest BCUT2D eigenvalue weighted by Crippen LogP contribution is 2.27. The van der Waals surface area contributed by atoms with Crippen LogP contribution in [-0.4, -0.2) is 37.4 Å². The highest BCUT2D eigenvalue weighted by molar-refractivity contribution is 7.99. The molecular weight excluding hydrogens is 384 g/mol. The van der Waals surface area contributed by atoms with Crippen LogP contribution in [0.2, 0.25) is 0 Å². The van der Waals surface area contributed by atoms with E-state index in [4.69, 9.17) is 0 Å². The standard InChI is InChI=1S/C21H28N6OS/c1-2-3-8-17-9-11-18(12-10-17)27-20(24-25-26-27)29-15-19(28)23-21(16-22)13-6-4-5-7-14-21/h9-12H,2-8,13-15H2,1H3,(H,23,28). The molecule has 1 amide bonds. The van der Waals surface area contributed by atoms with Crippen LogP contribution in [0, 0.1) is 11.3 Å². The van der Waals surface area contributed by atoms with E-state index in [0.717, 1.165) is 50.6 Å². The fourth-order valence-electron chi connectivity index (χ4n) is 3.65. The summed E-state index contributed by atoms with van der Waals surface area (Å²) in [5.41, 5.74) is 1.44. The number of unbranched alkanes of at least 4 members (excludes halogenated alkanes) is 1. The molecule has 29 heavy (non-hydrogen) atoms. The van der Waals surface area contributed by atoms with Gasteiger partial charge in [0.2, 0.25) is 11.1 Å². The lowest BCUT2D eigenvalue weighted by atomic mass is 9.92. The van der Waals surface area contributed by atoms with E-state index < -0.39 is 5.54 Å². The monoisotopic (exact) mass is 412 g/mol. The molecule has 1 fully saturated rings. The zero-order valence-corrected chi connectivity index (χ0v) is 17.7. The quantitative estimate of drug-likeness (QED) is 0.523. The van der Waals surface area contributed by atoms with Crippen molar-refractivity contribution in [3.8, 4) is 11.8 Å². The zero-order valence-electron chi connectivity index (χ0n) is 16.9. The van der Waals surface area contributed by atoms with E-state index in [1.54, 1.807) is 4.68 Å². The number of nitrogens with one attached hydrogen (secondary N) is 1. The minimum atomic E-state index is -0.728. The summed E-state index contributed by atoms with van der Waals surface area (Å²) in [6, 6.07) is 10.5. The lowest BCUT2D eigenvalue weighted by Gasteiger charge is -2.26. The Kier molecular flexibility index (Phi) is 7.64. The Labute approximate surface area is 176 Å². The molecule has 1 N–H and O–H groups in total. The van der Waals surface area contributed by atoms with Crippen molar-refractivity contribution in [3.63, 3.8) is 0 Å². The van der Waals surface area contributed by atoms with E-state index in [2.05, 4.69) is 46.0 Å². The SMILES string of the molecule is CCCCc1ccc(-n2nnnc2SCC(=O)NC2(C#N)CCCCCC2)cc1. The third-order valence-electron chi connectivity index (χ3n) is 5.32. The van der Waals surface area contributed by atoms with Crippen LogP contribution in [-0.2, 0) is 11.2 Å². The summed E-state index contributed by atoms with van der Waals surface area (Å²) in [5, 5.41) is 25.0. The Morgan fingerprint density at radius 1 is 1.24 bits per heavy atom. The van der Waals surface area contributed by atoms with Gasteiger partial charge >= 0.3 is 0 Å². The first-order valence-corrected chi connectivity index (χ1v) is 11.4. The van der Waals surface area contributed by atoms with Crippen LogP contribution < -0.4 is 5.32 Å². The number of hydrogen-bond acceptors (Lipinski definition) is 6. The molecule has 7 nitrogen and oxygen atoms in total. The van der Waals surface area contributed by atoms with E-state index in [9.17, 15) is 10.1 Å². The Balaban J connectivity index is 1.60. The molecule has 2 aromatic rings. The zero-order chi connectivity index (χ0) is 20.5. The van der Waals surface area contributed by atoms with Gasteiger partial charge in [-0.3, -0.25) is 4.79 Å². The number of thioether (sulfide) groups is 1. The van der Waals surface area contributed by atoms with E-state index in [1.807, 2.05) is 12.1 Å². The van der Waals surface area contributed by atoms with Gasteiger partial charge in [-0.05, 0) is 53.8 Å². The van der Waals surface area contributed by atoms with Crippen LogP contribution in [0.1, 0.15) is 63.9 Å². The highest BCUT2D eigenvalue weighted by atomic mass is 32.2. The molecule has 3 rings (SSSR count). The topological polar surface area (TPSA) is 96.5 Å². The first-order valence-electron chi connectivity index (χ1n) is 10.4. The van der Waals surface area contributed by atoms with Crippen LogP contribution in [0.3, 0.4) is 0 Å². The van der Waals surface area contributed by atoms with Crippen LogP contribution in [0.5, 0.6) is 0 Å². The van der Waals surface area contributed by atoms with Crippen molar-refractivity contribution >= 4 is 17.7 Å². The van der Waals surface area contributed by atoms with Gasteiger partial charge in [0.1, 0.15) is 5.54 Å². The van der Waals surface area contributed by atoms with Crippen LogP contribution in [0.4, 0.5) is 0 Å². The lowest BCUT2D eigenvalue weighted by Crippen LogP contribution is -2.47. The van der Waals surface area contributed by atoms with Crippen molar-refractivity contribution in [2.75, 3.05) is 5.75 Å². The van der Waals surface area contributed by atoms with Crippen molar-refractivity contribution in [1.29, 1.82) is 5.26 Å². The van der Waals surface area contributed by atoms with Gasteiger partial charge in [0.25, 0.3) is 0 Å². The average molecular weight is 413 g/mol. The lowest BCUT2D eigenvalue weighted by molar-refractivity contribution is -0.120. The molecule has 1 aromatic heterocycles. The second kappa shape index (κ2) is 10.4. The van der Waals surface area contributed by atoms with E-state index in [0.29, 0.717) is 5.16 Å². The fraction of sp³-hybridized carbons (Fsp3) is 0.571. The second-order valence-electron chi connectivity index (χ2n) is 7.59. The Bertz CT molecular complexity index is 834. The number of nitriles is 1. The van der Waals surface area contributed by atoms with Crippen molar-refractivity contribution in [1.82, 2.24) is 25.5 Å². The third kappa shape index (κ3) is 5.80. The summed E-state index contributed by atoms with van der Waals surface area (Å²) in [5.74, 6) is 0.0289. The number of carbonyl (C=O) groups is 1. The molecular formula is C21H28N6OS. The Morgan fingerprint density at radius 2 is 1.97 bits per heavy atom. The average Bonchev–Trinajstić information content (AvgIpc) is 3.09. The van der Waals surface area contributed by atoms with E-state index >= 15 is 0 Å². The van der Waals surface area contributed by atoms with Crippen LogP contribution in [0.15, 0.2) is 29.4 Å². The summed E-state index contributed by atoms with van der Waals surface area (Å²) in [4.78, 5) is 12.5. The predicted molar refractivity (Wildman–Crippen MR) is 113 cm³/mol. The predicted octanol–water partition coefficient (Wildman–Crippen LogP) is 3.83. The second-order valence-corrected chi connectivity index (χ2v) is 8.53. The molecule has 0 saturated heterocycles. The van der Waals surface area contributed by atoms with Crippen molar-refractivity contribution in [2.45, 2.75) is 75.4 Å². The molecule has 1 aliphatic carbocycles. The van der Waals surface area contributed by atoms with Gasteiger partial charge in [0.05, 0.1) is 17.5 Å². The van der Waals surface area contributed by atoms with Gasteiger partial charge in [-0.25, -0.2) is 0 Å². The number of aromatic nitrogens is 4. The normalized spacial score (nSPS) is 16.0. The van der Waals surface area contributed by atoms with Gasteiger partial charge in [0, 0.05) is 0 Å². The summed E-state index contributed by atoms with van der Waals surface area (Å²) >= 11 is 1.28. The number of nitrogens with zero attached hydrogens (tertiary/aromatic N) is 5. The molecule has 1 saturated carbocycles. The van der Waals surface area contributed by atoms with Crippen LogP contribution >= 0.6 is 11.8 Å². The number of benzene rings is 1. The first kappa shape index (κ1) is 21.3. The molecule has 154 valence electrons. The molecule has 0 aliphatic heterocycles. The fourth-order valence-corrected chi connectivity index (χ4v) is 4.34. The largest absolute Gasteiger partial charge is 0.337 e. The van der Waals surface area contributed by atoms with E-state index in [-0.39, 0.29) is 11.7 Å². The Hall–Kier alpha value is -2.40. The van der Waals surface area contributed by atoms with Gasteiger partial charge in [-0.1, -0.05) is 62.9 Å². The van der Waals surface area contributed by atoms with Gasteiger partial charge in [-0.2, -0.15) is 9.94 Å².